The summed E-state index contributed by atoms with van der Waals surface area (Å²) >= 11 is 0. The molecule has 2 N–H and O–H groups in total. The van der Waals surface area contributed by atoms with Gasteiger partial charge in [0.05, 0.1) is 13.2 Å². The van der Waals surface area contributed by atoms with Crippen molar-refractivity contribution < 1.29 is 9.84 Å². The van der Waals surface area contributed by atoms with E-state index >= 15 is 0 Å². The van der Waals surface area contributed by atoms with Crippen molar-refractivity contribution in [2.24, 2.45) is 0 Å². The molecule has 0 aliphatic heterocycles. The van der Waals surface area contributed by atoms with Crippen molar-refractivity contribution >= 4 is 0 Å². The fourth-order valence-electron chi connectivity index (χ4n) is 1.74. The van der Waals surface area contributed by atoms with E-state index in [9.17, 15) is 5.11 Å². The lowest BCUT2D eigenvalue weighted by molar-refractivity contribution is 0.229. The minimum absolute atomic E-state index is 0.00161. The van der Waals surface area contributed by atoms with Gasteiger partial charge in [-0.05, 0) is 37.5 Å². The van der Waals surface area contributed by atoms with Crippen LogP contribution in [0.25, 0.3) is 0 Å². The molecule has 0 unspecified atom stereocenters. The van der Waals surface area contributed by atoms with Crippen molar-refractivity contribution in [3.8, 4) is 5.75 Å². The number of hydrogen-bond donors (Lipinski definition) is 2. The summed E-state index contributed by atoms with van der Waals surface area (Å²) in [6.45, 7) is 3.70. The molecule has 1 aromatic rings. The van der Waals surface area contributed by atoms with Crippen molar-refractivity contribution in [1.29, 1.82) is 0 Å². The van der Waals surface area contributed by atoms with Gasteiger partial charge in [-0.25, -0.2) is 0 Å². The van der Waals surface area contributed by atoms with E-state index in [0.717, 1.165) is 25.1 Å². The van der Waals surface area contributed by atoms with Crippen LogP contribution in [0.2, 0.25) is 0 Å². The molecule has 16 heavy (non-hydrogen) atoms. The number of benzene rings is 1. The van der Waals surface area contributed by atoms with E-state index < -0.39 is 0 Å². The SMILES string of the molecule is CCOc1cccc(CNC2(CO)CC2)c1. The molecule has 0 saturated heterocycles. The standard InChI is InChI=1S/C13H19NO2/c1-2-16-12-5-3-4-11(8-12)9-14-13(10-15)6-7-13/h3-5,8,14-15H,2,6-7,9-10H2,1H3. The Morgan fingerprint density at radius 3 is 2.88 bits per heavy atom. The molecule has 0 heterocycles. The molecule has 0 aromatic heterocycles. The second kappa shape index (κ2) is 4.85. The highest BCUT2D eigenvalue weighted by Gasteiger charge is 2.41. The molecule has 3 nitrogen and oxygen atoms in total. The molecule has 2 rings (SSSR count). The van der Waals surface area contributed by atoms with Gasteiger partial charge in [-0.15, -0.1) is 0 Å². The maximum Gasteiger partial charge on any atom is 0.119 e. The summed E-state index contributed by atoms with van der Waals surface area (Å²) in [4.78, 5) is 0. The molecular weight excluding hydrogens is 202 g/mol. The molecule has 1 aliphatic carbocycles. The number of ether oxygens (including phenoxy) is 1. The molecule has 0 bridgehead atoms. The minimum atomic E-state index is 0.00161. The summed E-state index contributed by atoms with van der Waals surface area (Å²) in [6.07, 6.45) is 2.16. The lowest BCUT2D eigenvalue weighted by Gasteiger charge is -2.14. The smallest absolute Gasteiger partial charge is 0.119 e. The van der Waals surface area contributed by atoms with E-state index in [1.54, 1.807) is 0 Å². The van der Waals surface area contributed by atoms with Crippen molar-refractivity contribution in [3.63, 3.8) is 0 Å². The molecule has 3 heteroatoms. The molecule has 0 radical (unpaired) electrons. The van der Waals surface area contributed by atoms with Gasteiger partial charge in [-0.1, -0.05) is 12.1 Å². The number of aliphatic hydroxyl groups is 1. The zero-order valence-corrected chi connectivity index (χ0v) is 9.70. The predicted molar refractivity (Wildman–Crippen MR) is 63.5 cm³/mol. The van der Waals surface area contributed by atoms with Crippen LogP contribution in [0.4, 0.5) is 0 Å². The van der Waals surface area contributed by atoms with Crippen molar-refractivity contribution in [2.75, 3.05) is 13.2 Å². The van der Waals surface area contributed by atoms with Crippen LogP contribution in [0.1, 0.15) is 25.3 Å². The van der Waals surface area contributed by atoms with Gasteiger partial charge in [-0.3, -0.25) is 0 Å². The lowest BCUT2D eigenvalue weighted by Crippen LogP contribution is -2.34. The maximum atomic E-state index is 9.19. The van der Waals surface area contributed by atoms with E-state index in [2.05, 4.69) is 11.4 Å². The molecule has 1 fully saturated rings. The highest BCUT2D eigenvalue weighted by molar-refractivity contribution is 5.28. The summed E-state index contributed by atoms with van der Waals surface area (Å²) < 4.78 is 5.44. The molecule has 0 atom stereocenters. The minimum Gasteiger partial charge on any atom is -0.494 e. The molecular formula is C13H19NO2. The van der Waals surface area contributed by atoms with E-state index in [1.807, 2.05) is 25.1 Å². The first-order valence-electron chi connectivity index (χ1n) is 5.86. The molecule has 1 saturated carbocycles. The van der Waals surface area contributed by atoms with Crippen molar-refractivity contribution in [3.05, 3.63) is 29.8 Å². The Morgan fingerprint density at radius 1 is 1.44 bits per heavy atom. The Morgan fingerprint density at radius 2 is 2.25 bits per heavy atom. The van der Waals surface area contributed by atoms with Gasteiger partial charge >= 0.3 is 0 Å². The summed E-state index contributed by atoms with van der Waals surface area (Å²) in [6, 6.07) is 8.08. The third-order valence-electron chi connectivity index (χ3n) is 3.03. The summed E-state index contributed by atoms with van der Waals surface area (Å²) in [5.74, 6) is 0.913. The number of hydrogen-bond acceptors (Lipinski definition) is 3. The van der Waals surface area contributed by atoms with Gasteiger partial charge in [0.1, 0.15) is 5.75 Å². The van der Waals surface area contributed by atoms with E-state index in [0.29, 0.717) is 6.61 Å². The molecule has 88 valence electrons. The second-order valence-corrected chi connectivity index (χ2v) is 4.37. The Balaban J connectivity index is 1.91. The van der Waals surface area contributed by atoms with E-state index in [4.69, 9.17) is 4.74 Å². The largest absolute Gasteiger partial charge is 0.494 e. The quantitative estimate of drug-likeness (QED) is 0.768. The van der Waals surface area contributed by atoms with Gasteiger partial charge in [0, 0.05) is 12.1 Å². The normalized spacial score (nSPS) is 17.1. The average molecular weight is 221 g/mol. The van der Waals surface area contributed by atoms with Crippen LogP contribution >= 0.6 is 0 Å². The summed E-state index contributed by atoms with van der Waals surface area (Å²) in [5, 5.41) is 12.6. The van der Waals surface area contributed by atoms with Gasteiger partial charge in [0.25, 0.3) is 0 Å². The molecule has 0 spiro atoms. The lowest BCUT2D eigenvalue weighted by atomic mass is 10.2. The van der Waals surface area contributed by atoms with Crippen LogP contribution in [0.5, 0.6) is 5.75 Å². The van der Waals surface area contributed by atoms with Crippen LogP contribution in [0, 0.1) is 0 Å². The highest BCUT2D eigenvalue weighted by atomic mass is 16.5. The predicted octanol–water partition coefficient (Wildman–Crippen LogP) is 1.70. The molecule has 0 amide bonds. The third kappa shape index (κ3) is 2.74. The number of nitrogens with one attached hydrogen (secondary N) is 1. The van der Waals surface area contributed by atoms with Crippen molar-refractivity contribution in [2.45, 2.75) is 31.8 Å². The average Bonchev–Trinajstić information content (AvgIpc) is 3.08. The molecule has 1 aromatic carbocycles. The van der Waals surface area contributed by atoms with Crippen LogP contribution in [0.3, 0.4) is 0 Å². The first-order chi connectivity index (χ1) is 7.78. The molecule has 1 aliphatic rings. The van der Waals surface area contributed by atoms with E-state index in [-0.39, 0.29) is 12.1 Å². The van der Waals surface area contributed by atoms with Gasteiger partial charge in [-0.2, -0.15) is 0 Å². The second-order valence-electron chi connectivity index (χ2n) is 4.37. The van der Waals surface area contributed by atoms with Crippen molar-refractivity contribution in [1.82, 2.24) is 5.32 Å². The monoisotopic (exact) mass is 221 g/mol. The van der Waals surface area contributed by atoms with Crippen LogP contribution in [-0.2, 0) is 6.54 Å². The highest BCUT2D eigenvalue weighted by Crippen LogP contribution is 2.34. The van der Waals surface area contributed by atoms with Gasteiger partial charge < -0.3 is 15.2 Å². The first kappa shape index (κ1) is 11.4. The maximum absolute atomic E-state index is 9.19. The fraction of sp³-hybridized carbons (Fsp3) is 0.538. The number of aliphatic hydroxyl groups excluding tert-OH is 1. The number of rotatable bonds is 6. The van der Waals surface area contributed by atoms with Crippen LogP contribution in [-0.4, -0.2) is 23.9 Å². The fourth-order valence-corrected chi connectivity index (χ4v) is 1.74. The topological polar surface area (TPSA) is 41.5 Å². The van der Waals surface area contributed by atoms with Gasteiger partial charge in [0.15, 0.2) is 0 Å². The van der Waals surface area contributed by atoms with Crippen LogP contribution in [0.15, 0.2) is 24.3 Å². The van der Waals surface area contributed by atoms with Crippen LogP contribution < -0.4 is 10.1 Å². The first-order valence-corrected chi connectivity index (χ1v) is 5.86. The summed E-state index contributed by atoms with van der Waals surface area (Å²) in [7, 11) is 0. The van der Waals surface area contributed by atoms with E-state index in [1.165, 1.54) is 5.56 Å². The van der Waals surface area contributed by atoms with Gasteiger partial charge in [0.2, 0.25) is 0 Å². The zero-order chi connectivity index (χ0) is 11.4. The Kier molecular flexibility index (Phi) is 3.46. The summed E-state index contributed by atoms with van der Waals surface area (Å²) in [5.41, 5.74) is 1.20. The Labute approximate surface area is 96.4 Å². The Hall–Kier alpha value is -1.06. The third-order valence-corrected chi connectivity index (χ3v) is 3.03. The zero-order valence-electron chi connectivity index (χ0n) is 9.70. The Bertz CT molecular complexity index is 348.